The molecule has 128 valence electrons. The summed E-state index contributed by atoms with van der Waals surface area (Å²) in [5, 5.41) is 0. The summed E-state index contributed by atoms with van der Waals surface area (Å²) in [4.78, 5) is 25.2. The number of amides is 2. The molecule has 2 saturated heterocycles. The highest BCUT2D eigenvalue weighted by molar-refractivity contribution is 7.66. The van der Waals surface area contributed by atoms with Crippen molar-refractivity contribution < 1.29 is 14.2 Å². The van der Waals surface area contributed by atoms with Crippen molar-refractivity contribution in [3.8, 4) is 0 Å². The van der Waals surface area contributed by atoms with Gasteiger partial charge in [0.05, 0.1) is 5.69 Å². The van der Waals surface area contributed by atoms with Crippen molar-refractivity contribution in [2.24, 2.45) is 0 Å². The first-order chi connectivity index (χ1) is 12.1. The van der Waals surface area contributed by atoms with Crippen molar-refractivity contribution in [3.63, 3.8) is 0 Å². The van der Waals surface area contributed by atoms with Crippen LogP contribution in [0.25, 0.3) is 0 Å². The molecule has 0 spiro atoms. The van der Waals surface area contributed by atoms with Gasteiger partial charge in [0.15, 0.2) is 0 Å². The van der Waals surface area contributed by atoms with E-state index in [2.05, 4.69) is 0 Å². The molecule has 2 aliphatic rings. The first-order valence-corrected chi connectivity index (χ1v) is 9.81. The van der Waals surface area contributed by atoms with Crippen LogP contribution in [-0.4, -0.2) is 29.6 Å². The first kappa shape index (κ1) is 15.9. The average Bonchev–Trinajstić information content (AvgIpc) is 2.62. The quantitative estimate of drug-likeness (QED) is 0.613. The molecule has 0 saturated carbocycles. The summed E-state index contributed by atoms with van der Waals surface area (Å²) in [6, 6.07) is 18.3. The molecule has 2 fully saturated rings. The Morgan fingerprint density at radius 1 is 0.720 bits per heavy atom. The summed E-state index contributed by atoms with van der Waals surface area (Å²) in [6.45, 7) is 0.928. The summed E-state index contributed by atoms with van der Waals surface area (Å²) < 4.78 is 18.7. The van der Waals surface area contributed by atoms with Gasteiger partial charge in [0.2, 0.25) is 11.8 Å². The second kappa shape index (κ2) is 6.05. The fraction of sp³-hybridized carbons (Fsp3) is 0.222. The zero-order valence-electron chi connectivity index (χ0n) is 13.6. The van der Waals surface area contributed by atoms with E-state index in [9.17, 15) is 14.2 Å². The molecule has 0 radical (unpaired) electrons. The van der Waals surface area contributed by atoms with E-state index >= 15 is 0 Å². The lowest BCUT2D eigenvalue weighted by molar-refractivity contribution is -0.133. The van der Waals surface area contributed by atoms with Gasteiger partial charge in [0, 0.05) is 18.8 Å². The number of nitrogens with zero attached hydrogens (tertiary/aromatic N) is 3. The minimum Gasteiger partial charge on any atom is -0.290 e. The van der Waals surface area contributed by atoms with Crippen molar-refractivity contribution in [2.45, 2.75) is 12.8 Å². The molecule has 2 aliphatic heterocycles. The predicted octanol–water partition coefficient (Wildman–Crippen LogP) is 3.27. The topological polar surface area (TPSA) is 60.9 Å². The van der Waals surface area contributed by atoms with E-state index in [0.29, 0.717) is 25.2 Å². The maximum absolute atomic E-state index is 14.2. The van der Waals surface area contributed by atoms with Crippen LogP contribution in [-0.2, 0) is 14.2 Å². The second-order valence-corrected chi connectivity index (χ2v) is 8.45. The summed E-state index contributed by atoms with van der Waals surface area (Å²) in [7, 11) is -3.59. The number of rotatable bonds is 2. The molecule has 7 heteroatoms. The van der Waals surface area contributed by atoms with Gasteiger partial charge in [-0.25, -0.2) is 9.24 Å². The van der Waals surface area contributed by atoms with Gasteiger partial charge in [-0.3, -0.25) is 18.9 Å². The number of hydrogen-bond acceptors (Lipinski definition) is 3. The van der Waals surface area contributed by atoms with Crippen molar-refractivity contribution in [1.29, 1.82) is 0 Å². The molecule has 2 amide bonds. The number of fused-ring (bicyclic) bond motifs is 1. The molecule has 0 aromatic heterocycles. The van der Waals surface area contributed by atoms with Crippen LogP contribution in [0.4, 0.5) is 11.4 Å². The Morgan fingerprint density at radius 2 is 1.28 bits per heavy atom. The monoisotopic (exact) mass is 355 g/mol. The van der Waals surface area contributed by atoms with Crippen LogP contribution in [0.2, 0.25) is 0 Å². The van der Waals surface area contributed by atoms with Crippen molar-refractivity contribution >= 4 is 30.8 Å². The fourth-order valence-electron chi connectivity index (χ4n) is 3.43. The third-order valence-electron chi connectivity index (χ3n) is 4.51. The average molecular weight is 355 g/mol. The Kier molecular flexibility index (Phi) is 3.85. The Bertz CT molecular complexity index is 856. The predicted molar refractivity (Wildman–Crippen MR) is 96.3 cm³/mol. The number of carbonyl (C=O) groups excluding carboxylic acids is 2. The lowest BCUT2D eigenvalue weighted by atomic mass is 10.3. The number of benzene rings is 2. The van der Waals surface area contributed by atoms with Gasteiger partial charge in [-0.15, -0.1) is 0 Å². The van der Waals surface area contributed by atoms with E-state index < -0.39 is 13.5 Å². The summed E-state index contributed by atoms with van der Waals surface area (Å²) in [5.74, 6) is -0.778. The van der Waals surface area contributed by atoms with E-state index in [1.165, 1.54) is 9.34 Å². The lowest BCUT2D eigenvalue weighted by Crippen LogP contribution is -2.54. The number of carbonyl (C=O) groups is 2. The van der Waals surface area contributed by atoms with E-state index in [1.807, 2.05) is 36.4 Å². The summed E-state index contributed by atoms with van der Waals surface area (Å²) >= 11 is 0. The van der Waals surface area contributed by atoms with Crippen LogP contribution in [0.15, 0.2) is 60.7 Å². The zero-order chi connectivity index (χ0) is 17.4. The zero-order valence-corrected chi connectivity index (χ0v) is 14.5. The Labute approximate surface area is 146 Å². The third kappa shape index (κ3) is 2.45. The van der Waals surface area contributed by atoms with E-state index in [0.717, 1.165) is 5.69 Å². The molecule has 4 rings (SSSR count). The second-order valence-electron chi connectivity index (χ2n) is 6.06. The van der Waals surface area contributed by atoms with Gasteiger partial charge < -0.3 is 0 Å². The fourth-order valence-corrected chi connectivity index (χ4v) is 6.52. The third-order valence-corrected chi connectivity index (χ3v) is 7.60. The van der Waals surface area contributed by atoms with Gasteiger partial charge in [-0.2, -0.15) is 0 Å². The van der Waals surface area contributed by atoms with Gasteiger partial charge in [-0.05, 0) is 30.7 Å². The van der Waals surface area contributed by atoms with Gasteiger partial charge >= 0.3 is 7.59 Å². The van der Waals surface area contributed by atoms with Crippen molar-refractivity contribution in [3.05, 3.63) is 60.7 Å². The van der Waals surface area contributed by atoms with Crippen LogP contribution >= 0.6 is 7.59 Å². The smallest absolute Gasteiger partial charge is 0.290 e. The molecule has 6 nitrogen and oxygen atoms in total. The number of para-hydroxylation sites is 2. The first-order valence-electron chi connectivity index (χ1n) is 8.25. The molecule has 0 aliphatic carbocycles. The molecular weight excluding hydrogens is 337 g/mol. The Morgan fingerprint density at radius 3 is 1.92 bits per heavy atom. The van der Waals surface area contributed by atoms with Crippen LogP contribution in [0.3, 0.4) is 0 Å². The molecule has 1 unspecified atom stereocenters. The van der Waals surface area contributed by atoms with Gasteiger partial charge in [0.1, 0.15) is 6.42 Å². The van der Waals surface area contributed by atoms with E-state index in [1.54, 1.807) is 28.9 Å². The highest BCUT2D eigenvalue weighted by Gasteiger charge is 2.54. The minimum atomic E-state index is -3.59. The molecule has 0 bridgehead atoms. The van der Waals surface area contributed by atoms with Crippen molar-refractivity contribution in [2.75, 3.05) is 22.4 Å². The van der Waals surface area contributed by atoms with Gasteiger partial charge in [-0.1, -0.05) is 36.4 Å². The highest BCUT2D eigenvalue weighted by Crippen LogP contribution is 2.63. The number of anilines is 2. The van der Waals surface area contributed by atoms with Crippen LogP contribution in [0.1, 0.15) is 12.8 Å². The standard InChI is InChI=1S/C18H18N3O3P/c22-17-14-18(23)21(16-10-5-2-6-11-16)25(24)19(12-7-13-20(17)25)15-8-3-1-4-9-15/h1-6,8-11H,7,12-14H2. The number of hydrogen-bond donors (Lipinski definition) is 0. The SMILES string of the molecule is O=C1CC(=O)N(c2ccccc2)P2(=O)N1CCCN2c1ccccc1. The van der Waals surface area contributed by atoms with E-state index in [4.69, 9.17) is 0 Å². The highest BCUT2D eigenvalue weighted by atomic mass is 31.2. The van der Waals surface area contributed by atoms with Crippen LogP contribution in [0.5, 0.6) is 0 Å². The molecule has 2 heterocycles. The molecule has 2 aromatic rings. The minimum absolute atomic E-state index is 0.248. The molecule has 0 N–H and O–H groups in total. The van der Waals surface area contributed by atoms with E-state index in [-0.39, 0.29) is 12.3 Å². The van der Waals surface area contributed by atoms with Crippen LogP contribution < -0.4 is 9.34 Å². The molecule has 2 aromatic carbocycles. The molecular formula is C18H18N3O3P. The summed E-state index contributed by atoms with van der Waals surface area (Å²) in [6.07, 6.45) is 0.461. The molecule has 1 atom stereocenters. The Balaban J connectivity index is 1.89. The van der Waals surface area contributed by atoms with Crippen LogP contribution in [0, 0.1) is 0 Å². The normalized spacial score (nSPS) is 23.6. The maximum atomic E-state index is 14.2. The Hall–Kier alpha value is -2.59. The largest absolute Gasteiger partial charge is 0.369 e. The summed E-state index contributed by atoms with van der Waals surface area (Å²) in [5.41, 5.74) is 1.30. The van der Waals surface area contributed by atoms with Gasteiger partial charge in [0.25, 0.3) is 0 Å². The molecule has 25 heavy (non-hydrogen) atoms. The van der Waals surface area contributed by atoms with Crippen molar-refractivity contribution in [1.82, 2.24) is 4.67 Å². The lowest BCUT2D eigenvalue weighted by Gasteiger charge is -2.50. The maximum Gasteiger partial charge on any atom is 0.369 e.